The summed E-state index contributed by atoms with van der Waals surface area (Å²) in [7, 11) is 1.55. The van der Waals surface area contributed by atoms with Gasteiger partial charge in [-0.25, -0.2) is 0 Å². The van der Waals surface area contributed by atoms with Crippen LogP contribution in [0.4, 0.5) is 11.4 Å². The molecular formula is C28H22N2O4. The van der Waals surface area contributed by atoms with Crippen LogP contribution in [0.2, 0.25) is 0 Å². The molecule has 168 valence electrons. The number of carbonyl (C=O) groups is 2. The highest BCUT2D eigenvalue weighted by atomic mass is 16.5. The molecule has 6 heteroatoms. The molecule has 0 fully saturated rings. The average molecular weight is 450 g/mol. The van der Waals surface area contributed by atoms with Crippen molar-refractivity contribution in [2.24, 2.45) is 0 Å². The molecule has 4 aromatic carbocycles. The van der Waals surface area contributed by atoms with E-state index in [1.54, 1.807) is 43.5 Å². The standard InChI is InChI=1S/C28H22N2O4/c1-33-25-13-7-4-10-22(25)30-27(31)18-14-16-19(17-15-18)29-28(32)26-20-8-2-5-11-23(20)34-24-12-6-3-9-21(24)26/h2-17,26H,1H3,(H,29,32)(H,30,31). The Hall–Kier alpha value is -4.58. The number of rotatable bonds is 5. The maximum absolute atomic E-state index is 13.4. The van der Waals surface area contributed by atoms with Crippen LogP contribution >= 0.6 is 0 Å². The Bertz CT molecular complexity index is 1320. The summed E-state index contributed by atoms with van der Waals surface area (Å²) < 4.78 is 11.3. The molecule has 0 unspecified atom stereocenters. The highest BCUT2D eigenvalue weighted by molar-refractivity contribution is 6.05. The van der Waals surface area contributed by atoms with E-state index in [-0.39, 0.29) is 11.8 Å². The van der Waals surface area contributed by atoms with Gasteiger partial charge in [-0.2, -0.15) is 0 Å². The number of amides is 2. The monoisotopic (exact) mass is 450 g/mol. The first-order valence-electron chi connectivity index (χ1n) is 10.8. The van der Waals surface area contributed by atoms with E-state index in [0.29, 0.717) is 34.2 Å². The SMILES string of the molecule is COc1ccccc1NC(=O)c1ccc(NC(=O)C2c3ccccc3Oc3ccccc32)cc1. The van der Waals surface area contributed by atoms with E-state index < -0.39 is 5.92 Å². The number of hydrogen-bond acceptors (Lipinski definition) is 4. The maximum Gasteiger partial charge on any atom is 0.255 e. The Morgan fingerprint density at radius 1 is 0.735 bits per heavy atom. The van der Waals surface area contributed by atoms with Gasteiger partial charge in [-0.05, 0) is 48.5 Å². The van der Waals surface area contributed by atoms with Crippen molar-refractivity contribution >= 4 is 23.2 Å². The molecule has 0 radical (unpaired) electrons. The molecule has 0 bridgehead atoms. The fraction of sp³-hybridized carbons (Fsp3) is 0.0714. The predicted octanol–water partition coefficient (Wildman–Crippen LogP) is 5.82. The first-order valence-corrected chi connectivity index (χ1v) is 10.8. The molecule has 0 atom stereocenters. The molecule has 6 nitrogen and oxygen atoms in total. The van der Waals surface area contributed by atoms with Crippen molar-refractivity contribution in [2.45, 2.75) is 5.92 Å². The Labute approximate surface area is 197 Å². The lowest BCUT2D eigenvalue weighted by atomic mass is 9.87. The number of carbonyl (C=O) groups excluding carboxylic acids is 2. The molecule has 0 spiro atoms. The van der Waals surface area contributed by atoms with Crippen LogP contribution < -0.4 is 20.1 Å². The van der Waals surface area contributed by atoms with Gasteiger partial charge >= 0.3 is 0 Å². The molecule has 0 saturated heterocycles. The molecule has 1 heterocycles. The van der Waals surface area contributed by atoms with Gasteiger partial charge in [0.2, 0.25) is 5.91 Å². The molecule has 1 aliphatic rings. The Morgan fingerprint density at radius 2 is 1.32 bits per heavy atom. The number of hydrogen-bond donors (Lipinski definition) is 2. The summed E-state index contributed by atoms with van der Waals surface area (Å²) in [4.78, 5) is 26.0. The van der Waals surface area contributed by atoms with Gasteiger partial charge in [-0.3, -0.25) is 9.59 Å². The third kappa shape index (κ3) is 4.09. The summed E-state index contributed by atoms with van der Waals surface area (Å²) in [6.07, 6.45) is 0. The number of ether oxygens (including phenoxy) is 2. The van der Waals surface area contributed by atoms with Crippen LogP contribution in [0, 0.1) is 0 Å². The Balaban J connectivity index is 1.34. The second kappa shape index (κ2) is 9.11. The molecule has 34 heavy (non-hydrogen) atoms. The largest absolute Gasteiger partial charge is 0.495 e. The molecule has 0 saturated carbocycles. The first-order chi connectivity index (χ1) is 16.6. The maximum atomic E-state index is 13.4. The second-order valence-electron chi connectivity index (χ2n) is 7.83. The topological polar surface area (TPSA) is 76.7 Å². The van der Waals surface area contributed by atoms with Crippen LogP contribution in [0.15, 0.2) is 97.1 Å². The van der Waals surface area contributed by atoms with Crippen molar-refractivity contribution < 1.29 is 19.1 Å². The molecule has 0 aromatic heterocycles. The molecule has 4 aromatic rings. The first kappa shape index (κ1) is 21.3. The molecule has 1 aliphatic heterocycles. The van der Waals surface area contributed by atoms with Crippen molar-refractivity contribution in [3.63, 3.8) is 0 Å². The summed E-state index contributed by atoms with van der Waals surface area (Å²) in [5.74, 6) is 0.977. The summed E-state index contributed by atoms with van der Waals surface area (Å²) >= 11 is 0. The average Bonchev–Trinajstić information content (AvgIpc) is 2.87. The van der Waals surface area contributed by atoms with E-state index in [0.717, 1.165) is 11.1 Å². The van der Waals surface area contributed by atoms with E-state index in [9.17, 15) is 9.59 Å². The van der Waals surface area contributed by atoms with Gasteiger partial charge in [0.15, 0.2) is 0 Å². The summed E-state index contributed by atoms with van der Waals surface area (Å²) in [6.45, 7) is 0. The van der Waals surface area contributed by atoms with Crippen LogP contribution in [-0.4, -0.2) is 18.9 Å². The highest BCUT2D eigenvalue weighted by Gasteiger charge is 2.32. The molecule has 5 rings (SSSR count). The number of fused-ring (bicyclic) bond motifs is 2. The lowest BCUT2D eigenvalue weighted by Crippen LogP contribution is -2.25. The lowest BCUT2D eigenvalue weighted by Gasteiger charge is -2.27. The minimum Gasteiger partial charge on any atom is -0.495 e. The van der Waals surface area contributed by atoms with Crippen LogP contribution in [-0.2, 0) is 4.79 Å². The van der Waals surface area contributed by atoms with Gasteiger partial charge in [0.05, 0.1) is 18.7 Å². The summed E-state index contributed by atoms with van der Waals surface area (Å²) in [6, 6.07) is 29.1. The number of methoxy groups -OCH3 is 1. The van der Waals surface area contributed by atoms with Crippen molar-refractivity contribution in [1.82, 2.24) is 0 Å². The van der Waals surface area contributed by atoms with Crippen LogP contribution in [0.3, 0.4) is 0 Å². The third-order valence-corrected chi connectivity index (χ3v) is 5.71. The minimum atomic E-state index is -0.505. The lowest BCUT2D eigenvalue weighted by molar-refractivity contribution is -0.116. The van der Waals surface area contributed by atoms with Crippen molar-refractivity contribution in [3.8, 4) is 17.2 Å². The number of para-hydroxylation sites is 4. The van der Waals surface area contributed by atoms with Gasteiger partial charge in [0, 0.05) is 22.4 Å². The fourth-order valence-corrected chi connectivity index (χ4v) is 4.05. The van der Waals surface area contributed by atoms with E-state index in [1.807, 2.05) is 60.7 Å². The molecule has 2 N–H and O–H groups in total. The van der Waals surface area contributed by atoms with E-state index in [1.165, 1.54) is 0 Å². The van der Waals surface area contributed by atoms with E-state index in [2.05, 4.69) is 10.6 Å². The Morgan fingerprint density at radius 3 is 1.97 bits per heavy atom. The number of nitrogens with one attached hydrogen (secondary N) is 2. The number of benzene rings is 4. The van der Waals surface area contributed by atoms with Crippen LogP contribution in [0.1, 0.15) is 27.4 Å². The normalized spacial score (nSPS) is 12.0. The van der Waals surface area contributed by atoms with Gasteiger partial charge in [0.1, 0.15) is 17.2 Å². The van der Waals surface area contributed by atoms with Gasteiger partial charge < -0.3 is 20.1 Å². The Kier molecular flexibility index (Phi) is 5.70. The number of anilines is 2. The van der Waals surface area contributed by atoms with Crippen molar-refractivity contribution in [1.29, 1.82) is 0 Å². The summed E-state index contributed by atoms with van der Waals surface area (Å²) in [5.41, 5.74) is 3.27. The zero-order valence-corrected chi connectivity index (χ0v) is 18.4. The van der Waals surface area contributed by atoms with Crippen molar-refractivity contribution in [3.05, 3.63) is 114 Å². The molecular weight excluding hydrogens is 428 g/mol. The van der Waals surface area contributed by atoms with Crippen molar-refractivity contribution in [2.75, 3.05) is 17.7 Å². The predicted molar refractivity (Wildman–Crippen MR) is 131 cm³/mol. The summed E-state index contributed by atoms with van der Waals surface area (Å²) in [5, 5.41) is 5.83. The second-order valence-corrected chi connectivity index (χ2v) is 7.83. The van der Waals surface area contributed by atoms with Gasteiger partial charge in [0.25, 0.3) is 5.91 Å². The quantitative estimate of drug-likeness (QED) is 0.401. The third-order valence-electron chi connectivity index (χ3n) is 5.71. The van der Waals surface area contributed by atoms with Gasteiger partial charge in [-0.15, -0.1) is 0 Å². The highest BCUT2D eigenvalue weighted by Crippen LogP contribution is 2.44. The fourth-order valence-electron chi connectivity index (χ4n) is 4.05. The zero-order chi connectivity index (χ0) is 23.5. The minimum absolute atomic E-state index is 0.172. The zero-order valence-electron chi connectivity index (χ0n) is 18.4. The molecule has 2 amide bonds. The molecule has 0 aliphatic carbocycles. The van der Waals surface area contributed by atoms with Crippen LogP contribution in [0.25, 0.3) is 0 Å². The van der Waals surface area contributed by atoms with E-state index >= 15 is 0 Å². The van der Waals surface area contributed by atoms with Gasteiger partial charge in [-0.1, -0.05) is 48.5 Å². The smallest absolute Gasteiger partial charge is 0.255 e. The van der Waals surface area contributed by atoms with Crippen LogP contribution in [0.5, 0.6) is 17.2 Å². The van der Waals surface area contributed by atoms with E-state index in [4.69, 9.17) is 9.47 Å².